The molecule has 5 aromatic rings. The van der Waals surface area contributed by atoms with Crippen molar-refractivity contribution in [2.75, 3.05) is 23.8 Å². The van der Waals surface area contributed by atoms with E-state index in [1.54, 1.807) is 23.9 Å². The predicted molar refractivity (Wildman–Crippen MR) is 210 cm³/mol. The zero-order chi connectivity index (χ0) is 37.8. The number of Topliss-reactive ketones (excluding diaryl/α,β-unsaturated/α-hetero) is 1. The van der Waals surface area contributed by atoms with Crippen molar-refractivity contribution in [3.05, 3.63) is 119 Å². The lowest BCUT2D eigenvalue weighted by atomic mass is 10.0. The smallest absolute Gasteiger partial charge is 0.272 e. The highest BCUT2D eigenvalue weighted by atomic mass is 16.5. The van der Waals surface area contributed by atoms with Crippen LogP contribution in [0.2, 0.25) is 0 Å². The Bertz CT molecular complexity index is 2230. The molecule has 11 nitrogen and oxygen atoms in total. The first-order valence-electron chi connectivity index (χ1n) is 18.4. The number of hydrogen-bond donors (Lipinski definition) is 2. The Kier molecular flexibility index (Phi) is 10.6. The Hall–Kier alpha value is -6.23. The Morgan fingerprint density at radius 3 is 2.43 bits per heavy atom. The molecule has 11 heteroatoms. The van der Waals surface area contributed by atoms with Crippen LogP contribution >= 0.6 is 0 Å². The third-order valence-corrected chi connectivity index (χ3v) is 10.0. The first-order chi connectivity index (χ1) is 26.1. The number of hydrogen-bond acceptors (Lipinski definition) is 6. The van der Waals surface area contributed by atoms with Crippen LogP contribution in [0.5, 0.6) is 5.75 Å². The maximum absolute atomic E-state index is 13.2. The van der Waals surface area contributed by atoms with E-state index in [-0.39, 0.29) is 36.0 Å². The fourth-order valence-electron chi connectivity index (χ4n) is 7.11. The van der Waals surface area contributed by atoms with Crippen molar-refractivity contribution in [3.8, 4) is 16.9 Å². The van der Waals surface area contributed by atoms with Crippen LogP contribution < -0.4 is 15.4 Å². The van der Waals surface area contributed by atoms with Gasteiger partial charge >= 0.3 is 0 Å². The number of nitrogens with zero attached hydrogens (tertiary/aromatic N) is 4. The standard InChI is InChI=1S/C43H44N6O5/c1-28-20-35-36(44-25-34-12-7-8-18-49(34)43(35)53)24-40(28)54-19-9-13-41(51)45-33-23-38(48(3)27-33)42(52)46-32-16-14-30(15-17-32)31-22-37(47(2)26-31)39(50)21-29-10-5-4-6-11-29/h4-6,10-11,14-17,20,22-27,34H,7-9,12-13,18-19,21H2,1-3H3,(H,45,51)(H,46,52)/t34-/m0/s1. The number of aliphatic imine (C=N–C) groups is 1. The van der Waals surface area contributed by atoms with Crippen molar-refractivity contribution in [1.29, 1.82) is 0 Å². The number of anilines is 2. The summed E-state index contributed by atoms with van der Waals surface area (Å²) in [6, 6.07) is 24.4. The second-order valence-corrected chi connectivity index (χ2v) is 14.0. The van der Waals surface area contributed by atoms with Crippen molar-refractivity contribution in [2.45, 2.75) is 51.5 Å². The predicted octanol–water partition coefficient (Wildman–Crippen LogP) is 7.53. The van der Waals surface area contributed by atoms with Crippen LogP contribution in [0.25, 0.3) is 11.1 Å². The molecule has 1 saturated heterocycles. The van der Waals surface area contributed by atoms with Gasteiger partial charge in [-0.3, -0.25) is 24.2 Å². The van der Waals surface area contributed by atoms with Crippen molar-refractivity contribution < 1.29 is 23.9 Å². The van der Waals surface area contributed by atoms with Crippen molar-refractivity contribution in [3.63, 3.8) is 0 Å². The lowest BCUT2D eigenvalue weighted by Crippen LogP contribution is -2.43. The zero-order valence-corrected chi connectivity index (χ0v) is 30.8. The molecule has 4 heterocycles. The summed E-state index contributed by atoms with van der Waals surface area (Å²) in [4.78, 5) is 58.7. The highest BCUT2D eigenvalue weighted by Gasteiger charge is 2.30. The van der Waals surface area contributed by atoms with Crippen LogP contribution in [0.4, 0.5) is 17.1 Å². The number of rotatable bonds is 12. The van der Waals surface area contributed by atoms with Crippen LogP contribution in [0, 0.1) is 6.92 Å². The summed E-state index contributed by atoms with van der Waals surface area (Å²) in [5, 5.41) is 5.81. The average Bonchev–Trinajstić information content (AvgIpc) is 3.71. The third-order valence-electron chi connectivity index (χ3n) is 10.0. The van der Waals surface area contributed by atoms with Gasteiger partial charge in [0.2, 0.25) is 5.91 Å². The number of nitrogens with one attached hydrogen (secondary N) is 2. The molecule has 2 aliphatic heterocycles. The van der Waals surface area contributed by atoms with Crippen molar-refractivity contribution in [2.24, 2.45) is 19.1 Å². The zero-order valence-electron chi connectivity index (χ0n) is 30.8. The van der Waals surface area contributed by atoms with Gasteiger partial charge in [0.05, 0.1) is 35.3 Å². The van der Waals surface area contributed by atoms with Gasteiger partial charge in [0, 0.05) is 69.4 Å². The van der Waals surface area contributed by atoms with E-state index in [2.05, 4.69) is 15.6 Å². The molecule has 2 N–H and O–H groups in total. The van der Waals surface area contributed by atoms with E-state index in [0.29, 0.717) is 59.2 Å². The van der Waals surface area contributed by atoms with E-state index < -0.39 is 0 Å². The summed E-state index contributed by atoms with van der Waals surface area (Å²) in [6.07, 6.45) is 9.57. The molecule has 276 valence electrons. The monoisotopic (exact) mass is 724 g/mol. The molecule has 2 aliphatic rings. The molecule has 0 aliphatic carbocycles. The molecule has 0 unspecified atom stereocenters. The number of piperidine rings is 1. The maximum atomic E-state index is 13.2. The maximum Gasteiger partial charge on any atom is 0.272 e. The second kappa shape index (κ2) is 15.8. The molecule has 1 fully saturated rings. The summed E-state index contributed by atoms with van der Waals surface area (Å²) in [6.45, 7) is 2.98. The molecule has 1 atom stereocenters. The lowest BCUT2D eigenvalue weighted by Gasteiger charge is -2.32. The van der Waals surface area contributed by atoms with Gasteiger partial charge in [-0.15, -0.1) is 0 Å². The van der Waals surface area contributed by atoms with Gasteiger partial charge < -0.3 is 29.4 Å². The first kappa shape index (κ1) is 36.1. The second-order valence-electron chi connectivity index (χ2n) is 14.0. The van der Waals surface area contributed by atoms with E-state index in [1.807, 2.05) is 109 Å². The van der Waals surface area contributed by atoms with Gasteiger partial charge in [0.15, 0.2) is 5.78 Å². The van der Waals surface area contributed by atoms with Crippen LogP contribution in [0.15, 0.2) is 96.2 Å². The fraction of sp³-hybridized carbons (Fsp3) is 0.279. The number of amides is 3. The number of ketones is 1. The number of fused-ring (bicyclic) bond motifs is 2. The van der Waals surface area contributed by atoms with Gasteiger partial charge in [0.1, 0.15) is 11.4 Å². The molecule has 7 rings (SSSR count). The van der Waals surface area contributed by atoms with Crippen LogP contribution in [0.3, 0.4) is 0 Å². The molecule has 3 aromatic carbocycles. The molecule has 0 radical (unpaired) electrons. The molecule has 0 bridgehead atoms. The van der Waals surface area contributed by atoms with E-state index >= 15 is 0 Å². The van der Waals surface area contributed by atoms with E-state index in [9.17, 15) is 19.2 Å². The number of aryl methyl sites for hydroxylation is 3. The van der Waals surface area contributed by atoms with Gasteiger partial charge in [-0.2, -0.15) is 0 Å². The molecule has 3 amide bonds. The minimum Gasteiger partial charge on any atom is -0.493 e. The third kappa shape index (κ3) is 8.05. The average molecular weight is 725 g/mol. The number of aromatic nitrogens is 2. The fourth-order valence-corrected chi connectivity index (χ4v) is 7.11. The Balaban J connectivity index is 0.892. The molecular formula is C43H44N6O5. The van der Waals surface area contributed by atoms with Crippen LogP contribution in [0.1, 0.15) is 74.6 Å². The summed E-state index contributed by atoms with van der Waals surface area (Å²) < 4.78 is 9.54. The van der Waals surface area contributed by atoms with Gasteiger partial charge in [-0.05, 0) is 79.6 Å². The number of ether oxygens (including phenoxy) is 1. The van der Waals surface area contributed by atoms with Crippen LogP contribution in [-0.2, 0) is 25.3 Å². The molecule has 0 spiro atoms. The van der Waals surface area contributed by atoms with Crippen molar-refractivity contribution in [1.82, 2.24) is 14.0 Å². The summed E-state index contributed by atoms with van der Waals surface area (Å²) in [5.41, 5.74) is 7.02. The van der Waals surface area contributed by atoms with E-state index in [1.165, 1.54) is 0 Å². The van der Waals surface area contributed by atoms with E-state index in [0.717, 1.165) is 48.1 Å². The van der Waals surface area contributed by atoms with Gasteiger partial charge in [-0.1, -0.05) is 42.5 Å². The van der Waals surface area contributed by atoms with Crippen LogP contribution in [-0.4, -0.2) is 62.9 Å². The van der Waals surface area contributed by atoms with Gasteiger partial charge in [0.25, 0.3) is 11.8 Å². The topological polar surface area (TPSA) is 127 Å². The van der Waals surface area contributed by atoms with E-state index in [4.69, 9.17) is 4.74 Å². The SMILES string of the molecule is Cc1cc2c(cc1OCCCC(=O)Nc1cc(C(=O)Nc3ccc(-c4cc(C(=O)Cc5ccccc5)n(C)c4)cc3)n(C)c1)N=C[C@@H]1CCCCN1C2=O. The largest absolute Gasteiger partial charge is 0.493 e. The van der Waals surface area contributed by atoms with Gasteiger partial charge in [-0.25, -0.2) is 0 Å². The molecule has 2 aromatic heterocycles. The number of benzene rings is 3. The highest BCUT2D eigenvalue weighted by molar-refractivity contribution is 6.05. The minimum absolute atomic E-state index is 0.0157. The summed E-state index contributed by atoms with van der Waals surface area (Å²) in [7, 11) is 3.61. The molecule has 54 heavy (non-hydrogen) atoms. The number of carbonyl (C=O) groups excluding carboxylic acids is 4. The number of carbonyl (C=O) groups is 4. The van der Waals surface area contributed by atoms with Crippen molar-refractivity contribution >= 4 is 46.8 Å². The Morgan fingerprint density at radius 2 is 1.63 bits per heavy atom. The normalized spacial score (nSPS) is 14.9. The Morgan fingerprint density at radius 1 is 0.852 bits per heavy atom. The lowest BCUT2D eigenvalue weighted by molar-refractivity contribution is -0.116. The highest BCUT2D eigenvalue weighted by Crippen LogP contribution is 2.34. The molecular weight excluding hydrogens is 681 g/mol. The summed E-state index contributed by atoms with van der Waals surface area (Å²) >= 11 is 0. The Labute approximate surface area is 314 Å². The minimum atomic E-state index is -0.314. The first-order valence-corrected chi connectivity index (χ1v) is 18.4. The molecule has 0 saturated carbocycles. The quantitative estimate of drug-likeness (QED) is 0.102. The summed E-state index contributed by atoms with van der Waals surface area (Å²) in [5.74, 6) is 0.201.